The summed E-state index contributed by atoms with van der Waals surface area (Å²) in [5.74, 6) is 0. The van der Waals surface area contributed by atoms with Crippen molar-refractivity contribution in [3.05, 3.63) is 0 Å². The lowest BCUT2D eigenvalue weighted by Gasteiger charge is -2.28. The summed E-state index contributed by atoms with van der Waals surface area (Å²) in [6, 6.07) is 0. The van der Waals surface area contributed by atoms with Crippen LogP contribution in [-0.2, 0) is 18.9 Å². The van der Waals surface area contributed by atoms with E-state index in [1.54, 1.807) is 7.11 Å². The Morgan fingerprint density at radius 2 is 1.53 bits per heavy atom. The summed E-state index contributed by atoms with van der Waals surface area (Å²) in [6.45, 7) is 7.88. The summed E-state index contributed by atoms with van der Waals surface area (Å²) in [4.78, 5) is 0. The number of aliphatic hydroxyl groups is 1. The lowest BCUT2D eigenvalue weighted by Crippen LogP contribution is -2.35. The van der Waals surface area contributed by atoms with Crippen LogP contribution in [0.5, 0.6) is 0 Å². The Hall–Kier alpha value is -0.200. The van der Waals surface area contributed by atoms with Gasteiger partial charge in [-0.05, 0) is 6.92 Å². The number of methoxy groups -OCH3 is 1. The molecule has 0 rings (SSSR count). The monoisotopic (exact) mass is 250 g/mol. The van der Waals surface area contributed by atoms with Gasteiger partial charge in [-0.2, -0.15) is 0 Å². The van der Waals surface area contributed by atoms with Gasteiger partial charge in [-0.25, -0.2) is 0 Å². The molecule has 0 saturated carbocycles. The minimum atomic E-state index is -0.182. The molecule has 0 aromatic heterocycles. The van der Waals surface area contributed by atoms with E-state index in [1.165, 1.54) is 0 Å². The molecule has 0 bridgehead atoms. The standard InChI is InChI=1S/C12H26O5/c1-4-15-9-12(2,10-16-6-5-13)11-17-8-7-14-3/h13H,4-11H2,1-3H3. The van der Waals surface area contributed by atoms with E-state index in [4.69, 9.17) is 24.1 Å². The molecular formula is C12H26O5. The van der Waals surface area contributed by atoms with Crippen molar-refractivity contribution in [1.29, 1.82) is 0 Å². The van der Waals surface area contributed by atoms with Gasteiger partial charge in [-0.3, -0.25) is 0 Å². The minimum absolute atomic E-state index is 0.0370. The van der Waals surface area contributed by atoms with Gasteiger partial charge in [-0.15, -0.1) is 0 Å². The van der Waals surface area contributed by atoms with Crippen molar-refractivity contribution >= 4 is 0 Å². The van der Waals surface area contributed by atoms with Gasteiger partial charge in [0.05, 0.1) is 46.2 Å². The molecule has 0 aliphatic heterocycles. The van der Waals surface area contributed by atoms with E-state index >= 15 is 0 Å². The van der Waals surface area contributed by atoms with Gasteiger partial charge in [-0.1, -0.05) is 6.92 Å². The molecule has 0 saturated heterocycles. The molecular weight excluding hydrogens is 224 g/mol. The van der Waals surface area contributed by atoms with E-state index in [0.29, 0.717) is 46.2 Å². The van der Waals surface area contributed by atoms with Crippen LogP contribution in [0.15, 0.2) is 0 Å². The maximum atomic E-state index is 8.68. The maximum absolute atomic E-state index is 8.68. The van der Waals surface area contributed by atoms with Crippen LogP contribution in [0.1, 0.15) is 13.8 Å². The van der Waals surface area contributed by atoms with Crippen LogP contribution in [0, 0.1) is 5.41 Å². The van der Waals surface area contributed by atoms with Crippen LogP contribution in [0.25, 0.3) is 0 Å². The maximum Gasteiger partial charge on any atom is 0.0700 e. The number of hydrogen-bond donors (Lipinski definition) is 1. The van der Waals surface area contributed by atoms with Gasteiger partial charge >= 0.3 is 0 Å². The Kier molecular flexibility index (Phi) is 10.8. The van der Waals surface area contributed by atoms with Crippen LogP contribution in [-0.4, -0.2) is 65.1 Å². The third kappa shape index (κ3) is 9.50. The summed E-state index contributed by atoms with van der Waals surface area (Å²) in [5, 5.41) is 8.68. The third-order valence-electron chi connectivity index (χ3n) is 2.22. The minimum Gasteiger partial charge on any atom is -0.394 e. The fourth-order valence-corrected chi connectivity index (χ4v) is 1.32. The van der Waals surface area contributed by atoms with E-state index in [1.807, 2.05) is 13.8 Å². The van der Waals surface area contributed by atoms with Crippen molar-refractivity contribution in [3.8, 4) is 0 Å². The summed E-state index contributed by atoms with van der Waals surface area (Å²) < 4.78 is 21.2. The summed E-state index contributed by atoms with van der Waals surface area (Å²) in [6.07, 6.45) is 0. The highest BCUT2D eigenvalue weighted by molar-refractivity contribution is 4.73. The normalized spacial score (nSPS) is 14.8. The second kappa shape index (κ2) is 10.9. The third-order valence-corrected chi connectivity index (χ3v) is 2.22. The molecule has 1 atom stereocenters. The number of rotatable bonds is 12. The van der Waals surface area contributed by atoms with Crippen LogP contribution in [0.2, 0.25) is 0 Å². The highest BCUT2D eigenvalue weighted by Gasteiger charge is 2.25. The van der Waals surface area contributed by atoms with Crippen molar-refractivity contribution in [2.45, 2.75) is 13.8 Å². The van der Waals surface area contributed by atoms with Gasteiger partial charge < -0.3 is 24.1 Å². The van der Waals surface area contributed by atoms with Crippen molar-refractivity contribution in [2.75, 3.05) is 60.0 Å². The lowest BCUT2D eigenvalue weighted by atomic mass is 9.94. The number of hydrogen-bond acceptors (Lipinski definition) is 5. The SMILES string of the molecule is CCOCC(C)(COCCO)COCCOC. The van der Waals surface area contributed by atoms with Gasteiger partial charge in [0.1, 0.15) is 0 Å². The first-order valence-corrected chi connectivity index (χ1v) is 6.01. The van der Waals surface area contributed by atoms with Crippen molar-refractivity contribution < 1.29 is 24.1 Å². The quantitative estimate of drug-likeness (QED) is 0.517. The molecule has 0 fully saturated rings. The molecule has 17 heavy (non-hydrogen) atoms. The molecule has 1 unspecified atom stereocenters. The summed E-state index contributed by atoms with van der Waals surface area (Å²) in [7, 11) is 1.65. The van der Waals surface area contributed by atoms with E-state index in [0.717, 1.165) is 0 Å². The predicted molar refractivity (Wildman–Crippen MR) is 65.2 cm³/mol. The van der Waals surface area contributed by atoms with E-state index in [9.17, 15) is 0 Å². The van der Waals surface area contributed by atoms with Crippen molar-refractivity contribution in [1.82, 2.24) is 0 Å². The average molecular weight is 250 g/mol. The van der Waals surface area contributed by atoms with Gasteiger partial charge in [0.15, 0.2) is 0 Å². The van der Waals surface area contributed by atoms with Crippen molar-refractivity contribution in [3.63, 3.8) is 0 Å². The molecule has 5 nitrogen and oxygen atoms in total. The molecule has 0 aliphatic rings. The lowest BCUT2D eigenvalue weighted by molar-refractivity contribution is -0.0675. The first-order valence-electron chi connectivity index (χ1n) is 6.01. The van der Waals surface area contributed by atoms with E-state index in [-0.39, 0.29) is 12.0 Å². The molecule has 0 radical (unpaired) electrons. The molecule has 104 valence electrons. The highest BCUT2D eigenvalue weighted by atomic mass is 16.5. The van der Waals surface area contributed by atoms with Crippen LogP contribution >= 0.6 is 0 Å². The Labute approximate surface area is 104 Å². The Bertz CT molecular complexity index is 165. The second-order valence-electron chi connectivity index (χ2n) is 4.27. The highest BCUT2D eigenvalue weighted by Crippen LogP contribution is 2.18. The van der Waals surface area contributed by atoms with Crippen molar-refractivity contribution in [2.24, 2.45) is 5.41 Å². The molecule has 0 aliphatic carbocycles. The predicted octanol–water partition coefficient (Wildman–Crippen LogP) is 0.701. The number of aliphatic hydroxyl groups excluding tert-OH is 1. The fourth-order valence-electron chi connectivity index (χ4n) is 1.32. The molecule has 0 amide bonds. The van der Waals surface area contributed by atoms with Gasteiger partial charge in [0.25, 0.3) is 0 Å². The number of ether oxygens (including phenoxy) is 4. The Morgan fingerprint density at radius 1 is 0.941 bits per heavy atom. The molecule has 0 aromatic rings. The zero-order chi connectivity index (χ0) is 13.0. The summed E-state index contributed by atoms with van der Waals surface area (Å²) >= 11 is 0. The Morgan fingerprint density at radius 3 is 2.06 bits per heavy atom. The molecule has 0 aromatic carbocycles. The van der Waals surface area contributed by atoms with E-state index in [2.05, 4.69) is 0 Å². The van der Waals surface area contributed by atoms with Crippen LogP contribution < -0.4 is 0 Å². The zero-order valence-electron chi connectivity index (χ0n) is 11.2. The first-order chi connectivity index (χ1) is 8.18. The topological polar surface area (TPSA) is 57.2 Å². The molecule has 0 heterocycles. The zero-order valence-corrected chi connectivity index (χ0v) is 11.2. The second-order valence-corrected chi connectivity index (χ2v) is 4.27. The van der Waals surface area contributed by atoms with Gasteiger partial charge in [0.2, 0.25) is 0 Å². The molecule has 5 heteroatoms. The average Bonchev–Trinajstić information content (AvgIpc) is 2.33. The molecule has 0 spiro atoms. The largest absolute Gasteiger partial charge is 0.394 e. The fraction of sp³-hybridized carbons (Fsp3) is 1.00. The van der Waals surface area contributed by atoms with E-state index < -0.39 is 0 Å². The Balaban J connectivity index is 3.90. The van der Waals surface area contributed by atoms with Crippen LogP contribution in [0.4, 0.5) is 0 Å². The van der Waals surface area contributed by atoms with Crippen LogP contribution in [0.3, 0.4) is 0 Å². The molecule has 1 N–H and O–H groups in total. The first kappa shape index (κ1) is 16.8. The smallest absolute Gasteiger partial charge is 0.0700 e. The summed E-state index contributed by atoms with van der Waals surface area (Å²) in [5.41, 5.74) is -0.182. The van der Waals surface area contributed by atoms with Gasteiger partial charge in [0, 0.05) is 19.1 Å².